The zero-order valence-electron chi connectivity index (χ0n) is 10.8. The molecule has 2 saturated heterocycles. The van der Waals surface area contributed by atoms with Gasteiger partial charge >= 0.3 is 6.03 Å². The van der Waals surface area contributed by atoms with Crippen LogP contribution in [0.3, 0.4) is 0 Å². The number of hydrogen-bond acceptors (Lipinski definition) is 3. The Balaban J connectivity index is 1.77. The van der Waals surface area contributed by atoms with Crippen molar-refractivity contribution < 1.29 is 14.0 Å². The Bertz CT molecular complexity index is 577. The summed E-state index contributed by atoms with van der Waals surface area (Å²) in [6.07, 6.45) is 0. The van der Waals surface area contributed by atoms with Crippen molar-refractivity contribution in [1.82, 2.24) is 15.1 Å². The minimum absolute atomic E-state index is 0.00173. The number of carbonyl (C=O) groups excluding carboxylic acids is 2. The molecule has 2 aliphatic heterocycles. The van der Waals surface area contributed by atoms with Crippen molar-refractivity contribution in [2.24, 2.45) is 0 Å². The average molecular weight is 278 g/mol. The lowest BCUT2D eigenvalue weighted by Gasteiger charge is -2.36. The Kier molecular flexibility index (Phi) is 2.96. The third-order valence-electron chi connectivity index (χ3n) is 3.76. The van der Waals surface area contributed by atoms with Crippen molar-refractivity contribution in [1.29, 1.82) is 0 Å². The lowest BCUT2D eigenvalue weighted by molar-refractivity contribution is 0.0618. The minimum Gasteiger partial charge on any atom is -0.398 e. The molecule has 3 amide bonds. The molecule has 0 radical (unpaired) electrons. The zero-order valence-corrected chi connectivity index (χ0v) is 10.8. The Hall–Kier alpha value is -2.31. The van der Waals surface area contributed by atoms with Crippen LogP contribution in [-0.2, 0) is 0 Å². The van der Waals surface area contributed by atoms with Gasteiger partial charge < -0.3 is 20.9 Å². The smallest absolute Gasteiger partial charge is 0.317 e. The highest BCUT2D eigenvalue weighted by Crippen LogP contribution is 2.20. The molecule has 1 atom stereocenters. The molecule has 3 N–H and O–H groups in total. The minimum atomic E-state index is -0.463. The Morgan fingerprint density at radius 2 is 2.20 bits per heavy atom. The number of nitrogens with one attached hydrogen (secondary N) is 1. The van der Waals surface area contributed by atoms with Crippen LogP contribution in [-0.4, -0.2) is 54.0 Å². The lowest BCUT2D eigenvalue weighted by atomic mass is 10.1. The molecule has 3 rings (SSSR count). The molecule has 0 spiro atoms. The van der Waals surface area contributed by atoms with Crippen molar-refractivity contribution in [3.05, 3.63) is 29.6 Å². The van der Waals surface area contributed by atoms with E-state index in [2.05, 4.69) is 5.32 Å². The molecule has 2 aliphatic rings. The zero-order chi connectivity index (χ0) is 14.3. The Morgan fingerprint density at radius 1 is 1.40 bits per heavy atom. The van der Waals surface area contributed by atoms with Crippen LogP contribution in [0.5, 0.6) is 0 Å². The summed E-state index contributed by atoms with van der Waals surface area (Å²) in [5.41, 5.74) is 6.13. The SMILES string of the molecule is Nc1cc(F)ccc1C(=O)N1CCN2C(=O)NCC2C1. The molecule has 0 bridgehead atoms. The molecule has 1 aromatic rings. The van der Waals surface area contributed by atoms with Gasteiger partial charge in [-0.3, -0.25) is 4.79 Å². The van der Waals surface area contributed by atoms with Crippen LogP contribution in [0, 0.1) is 5.82 Å². The van der Waals surface area contributed by atoms with E-state index in [0.717, 1.165) is 6.07 Å². The molecule has 6 nitrogen and oxygen atoms in total. The van der Waals surface area contributed by atoms with Crippen LogP contribution >= 0.6 is 0 Å². The quantitative estimate of drug-likeness (QED) is 0.723. The van der Waals surface area contributed by atoms with E-state index >= 15 is 0 Å². The van der Waals surface area contributed by atoms with Gasteiger partial charge in [0.25, 0.3) is 5.91 Å². The summed E-state index contributed by atoms with van der Waals surface area (Å²) in [4.78, 5) is 27.3. The van der Waals surface area contributed by atoms with E-state index in [9.17, 15) is 14.0 Å². The van der Waals surface area contributed by atoms with Gasteiger partial charge in [0.15, 0.2) is 0 Å². The highest BCUT2D eigenvalue weighted by atomic mass is 19.1. The number of amides is 3. The second-order valence-electron chi connectivity index (χ2n) is 5.02. The molecule has 0 aromatic heterocycles. The van der Waals surface area contributed by atoms with Gasteiger partial charge in [-0.25, -0.2) is 9.18 Å². The summed E-state index contributed by atoms with van der Waals surface area (Å²) in [7, 11) is 0. The van der Waals surface area contributed by atoms with Gasteiger partial charge in [-0.15, -0.1) is 0 Å². The van der Waals surface area contributed by atoms with E-state index in [1.807, 2.05) is 0 Å². The van der Waals surface area contributed by atoms with E-state index in [0.29, 0.717) is 31.7 Å². The summed E-state index contributed by atoms with van der Waals surface area (Å²) in [6, 6.07) is 3.69. The van der Waals surface area contributed by atoms with Crippen LogP contribution in [0.4, 0.5) is 14.9 Å². The van der Waals surface area contributed by atoms with Crippen LogP contribution in [0.1, 0.15) is 10.4 Å². The molecule has 1 aromatic carbocycles. The van der Waals surface area contributed by atoms with E-state index in [1.54, 1.807) is 9.80 Å². The lowest BCUT2D eigenvalue weighted by Crippen LogP contribution is -2.53. The van der Waals surface area contributed by atoms with E-state index in [4.69, 9.17) is 5.73 Å². The van der Waals surface area contributed by atoms with Crippen LogP contribution in [0.25, 0.3) is 0 Å². The number of nitrogen functional groups attached to an aromatic ring is 1. The number of piperazine rings is 1. The number of nitrogens with zero attached hydrogens (tertiary/aromatic N) is 2. The monoisotopic (exact) mass is 278 g/mol. The molecular weight excluding hydrogens is 263 g/mol. The van der Waals surface area contributed by atoms with Gasteiger partial charge in [0, 0.05) is 31.9 Å². The van der Waals surface area contributed by atoms with Crippen LogP contribution < -0.4 is 11.1 Å². The molecule has 0 saturated carbocycles. The summed E-state index contributed by atoms with van der Waals surface area (Å²) in [5, 5.41) is 2.75. The fraction of sp³-hybridized carbons (Fsp3) is 0.385. The number of benzene rings is 1. The van der Waals surface area contributed by atoms with Gasteiger partial charge in [0.1, 0.15) is 5.82 Å². The number of fused-ring (bicyclic) bond motifs is 1. The maximum absolute atomic E-state index is 13.0. The van der Waals surface area contributed by atoms with Crippen molar-refractivity contribution in [2.45, 2.75) is 6.04 Å². The number of urea groups is 1. The van der Waals surface area contributed by atoms with E-state index in [1.165, 1.54) is 12.1 Å². The normalized spacial score (nSPS) is 21.6. The van der Waals surface area contributed by atoms with Crippen molar-refractivity contribution in [3.8, 4) is 0 Å². The van der Waals surface area contributed by atoms with Gasteiger partial charge in [-0.2, -0.15) is 0 Å². The predicted octanol–water partition coefficient (Wildman–Crippen LogP) is 0.257. The molecule has 2 fully saturated rings. The van der Waals surface area contributed by atoms with Crippen molar-refractivity contribution in [3.63, 3.8) is 0 Å². The molecule has 2 heterocycles. The highest BCUT2D eigenvalue weighted by Gasteiger charge is 2.37. The number of hydrogen-bond donors (Lipinski definition) is 2. The molecule has 1 unspecified atom stereocenters. The summed E-state index contributed by atoms with van der Waals surface area (Å²) in [6.45, 7) is 1.97. The second kappa shape index (κ2) is 4.66. The first kappa shape index (κ1) is 12.7. The van der Waals surface area contributed by atoms with Gasteiger partial charge in [-0.1, -0.05) is 0 Å². The number of anilines is 1. The largest absolute Gasteiger partial charge is 0.398 e. The highest BCUT2D eigenvalue weighted by molar-refractivity contribution is 5.99. The summed E-state index contributed by atoms with van der Waals surface area (Å²) >= 11 is 0. The molecule has 0 aliphatic carbocycles. The third-order valence-corrected chi connectivity index (χ3v) is 3.76. The molecule has 106 valence electrons. The van der Waals surface area contributed by atoms with Crippen molar-refractivity contribution in [2.75, 3.05) is 31.9 Å². The number of rotatable bonds is 1. The van der Waals surface area contributed by atoms with E-state index in [-0.39, 0.29) is 23.7 Å². The molecule has 20 heavy (non-hydrogen) atoms. The Labute approximate surface area is 115 Å². The number of halogens is 1. The van der Waals surface area contributed by atoms with Gasteiger partial charge in [-0.05, 0) is 18.2 Å². The summed E-state index contributed by atoms with van der Waals surface area (Å²) in [5.74, 6) is -0.684. The maximum atomic E-state index is 13.0. The van der Waals surface area contributed by atoms with Crippen LogP contribution in [0.2, 0.25) is 0 Å². The standard InChI is InChI=1S/C13H15FN4O2/c14-8-1-2-10(11(15)5-8)12(19)17-3-4-18-9(7-17)6-16-13(18)20/h1-2,5,9H,3-4,6-7,15H2,(H,16,20). The Morgan fingerprint density at radius 3 is 2.95 bits per heavy atom. The van der Waals surface area contributed by atoms with E-state index < -0.39 is 5.82 Å². The summed E-state index contributed by atoms with van der Waals surface area (Å²) < 4.78 is 13.0. The first-order valence-electron chi connectivity index (χ1n) is 6.45. The maximum Gasteiger partial charge on any atom is 0.317 e. The van der Waals surface area contributed by atoms with Gasteiger partial charge in [0.05, 0.1) is 11.6 Å². The fourth-order valence-electron chi connectivity index (χ4n) is 2.69. The number of nitrogens with two attached hydrogens (primary N) is 1. The topological polar surface area (TPSA) is 78.7 Å². The second-order valence-corrected chi connectivity index (χ2v) is 5.02. The van der Waals surface area contributed by atoms with Crippen LogP contribution in [0.15, 0.2) is 18.2 Å². The first-order valence-corrected chi connectivity index (χ1v) is 6.45. The van der Waals surface area contributed by atoms with Crippen molar-refractivity contribution >= 4 is 17.6 Å². The first-order chi connectivity index (χ1) is 9.56. The number of carbonyl (C=O) groups is 2. The molecule has 7 heteroatoms. The molecular formula is C13H15FN4O2. The third kappa shape index (κ3) is 2.04. The van der Waals surface area contributed by atoms with Gasteiger partial charge in [0.2, 0.25) is 0 Å². The average Bonchev–Trinajstić information content (AvgIpc) is 2.79. The predicted molar refractivity (Wildman–Crippen MR) is 70.6 cm³/mol. The fourth-order valence-corrected chi connectivity index (χ4v) is 2.69.